The predicted octanol–water partition coefficient (Wildman–Crippen LogP) is 15.5. The van der Waals surface area contributed by atoms with Crippen LogP contribution in [0.4, 0.5) is 0 Å². The van der Waals surface area contributed by atoms with Crippen LogP contribution >= 0.6 is 22.7 Å². The Morgan fingerprint density at radius 3 is 1.95 bits per heavy atom. The second-order valence-electron chi connectivity index (χ2n) is 15.1. The summed E-state index contributed by atoms with van der Waals surface area (Å²) in [6.45, 7) is 6.33. The van der Waals surface area contributed by atoms with Crippen LogP contribution in [0, 0.1) is 0 Å². The summed E-state index contributed by atoms with van der Waals surface area (Å²) in [7, 11) is 0. The highest BCUT2D eigenvalue weighted by molar-refractivity contribution is 7.26. The maximum absolute atomic E-state index is 5.51. The number of allylic oxidation sites excluding steroid dienone is 1. The molecule has 12 aromatic rings. The number of benzene rings is 8. The molecule has 0 aliphatic rings. The maximum atomic E-state index is 5.51. The molecule has 60 heavy (non-hydrogen) atoms. The number of para-hydroxylation sites is 1. The minimum absolute atomic E-state index is 0.633. The third-order valence-corrected chi connectivity index (χ3v) is 14.1. The quantitative estimate of drug-likeness (QED) is 0.168. The monoisotopic (exact) mass is 802 g/mol. The van der Waals surface area contributed by atoms with Crippen LogP contribution in [0.2, 0.25) is 0 Å². The van der Waals surface area contributed by atoms with Crippen LogP contribution in [0.25, 0.3) is 126 Å². The van der Waals surface area contributed by atoms with Crippen molar-refractivity contribution in [3.63, 3.8) is 0 Å². The molecule has 4 heterocycles. The first kappa shape index (κ1) is 34.8. The van der Waals surface area contributed by atoms with Crippen molar-refractivity contribution in [1.29, 1.82) is 0 Å². The van der Waals surface area contributed by atoms with Gasteiger partial charge >= 0.3 is 0 Å². The van der Waals surface area contributed by atoms with Crippen LogP contribution in [0.5, 0.6) is 0 Å². The minimum Gasteiger partial charge on any atom is -0.309 e. The van der Waals surface area contributed by atoms with Crippen LogP contribution in [-0.4, -0.2) is 19.5 Å². The fourth-order valence-corrected chi connectivity index (χ4v) is 11.6. The van der Waals surface area contributed by atoms with E-state index in [1.54, 1.807) is 22.7 Å². The van der Waals surface area contributed by atoms with Gasteiger partial charge in [-0.15, -0.1) is 22.7 Å². The Morgan fingerprint density at radius 2 is 1.17 bits per heavy atom. The lowest BCUT2D eigenvalue weighted by molar-refractivity contribution is 1.08. The van der Waals surface area contributed by atoms with E-state index in [1.807, 2.05) is 24.3 Å². The van der Waals surface area contributed by atoms with Gasteiger partial charge < -0.3 is 4.57 Å². The molecule has 4 nitrogen and oxygen atoms in total. The molecule has 0 spiro atoms. The van der Waals surface area contributed by atoms with Gasteiger partial charge in [-0.05, 0) is 70.9 Å². The summed E-state index contributed by atoms with van der Waals surface area (Å²) in [5.74, 6) is 1.91. The molecule has 282 valence electrons. The Balaban J connectivity index is 1.20. The molecule has 4 aromatic heterocycles. The molecule has 0 unspecified atom stereocenters. The second kappa shape index (κ2) is 13.7. The number of fused-ring (bicyclic) bond motifs is 11. The van der Waals surface area contributed by atoms with Gasteiger partial charge in [0.1, 0.15) is 0 Å². The van der Waals surface area contributed by atoms with E-state index in [1.165, 1.54) is 47.8 Å². The van der Waals surface area contributed by atoms with Crippen LogP contribution < -0.4 is 0 Å². The average Bonchev–Trinajstić information content (AvgIpc) is 3.98. The van der Waals surface area contributed by atoms with Crippen molar-refractivity contribution in [1.82, 2.24) is 19.5 Å². The van der Waals surface area contributed by atoms with Crippen molar-refractivity contribution < 1.29 is 0 Å². The van der Waals surface area contributed by atoms with E-state index in [0.29, 0.717) is 17.5 Å². The van der Waals surface area contributed by atoms with E-state index in [4.69, 9.17) is 15.0 Å². The largest absolute Gasteiger partial charge is 0.309 e. The van der Waals surface area contributed by atoms with E-state index in [0.717, 1.165) is 58.6 Å². The highest BCUT2D eigenvalue weighted by atomic mass is 32.1. The lowest BCUT2D eigenvalue weighted by atomic mass is 9.98. The molecule has 0 amide bonds. The van der Waals surface area contributed by atoms with E-state index < -0.39 is 0 Å². The SMILES string of the molecule is C=Cc1c(/C=C\C)sc2c(-c3nc(-c4ccccc4)nc(-c4cc(-n5c6ccccc6c6c7ccccc7ccc65)cc5c4sc4ccccc45)n3)cc3ccccc3c12. The Morgan fingerprint density at radius 1 is 0.517 bits per heavy atom. The van der Waals surface area contributed by atoms with Crippen molar-refractivity contribution >= 4 is 108 Å². The van der Waals surface area contributed by atoms with E-state index in [9.17, 15) is 0 Å². The van der Waals surface area contributed by atoms with Gasteiger partial charge in [0.05, 0.1) is 11.0 Å². The number of hydrogen-bond donors (Lipinski definition) is 0. The van der Waals surface area contributed by atoms with Crippen molar-refractivity contribution in [2.24, 2.45) is 0 Å². The zero-order valence-electron chi connectivity index (χ0n) is 32.6. The fourth-order valence-electron chi connectivity index (χ4n) is 9.09. The number of aromatic nitrogens is 4. The molecule has 0 bridgehead atoms. The predicted molar refractivity (Wildman–Crippen MR) is 259 cm³/mol. The summed E-state index contributed by atoms with van der Waals surface area (Å²) in [6, 6.07) is 56.4. The van der Waals surface area contributed by atoms with Crippen LogP contribution in [0.1, 0.15) is 17.4 Å². The zero-order chi connectivity index (χ0) is 39.9. The van der Waals surface area contributed by atoms with Crippen molar-refractivity contribution in [3.8, 4) is 39.9 Å². The number of rotatable bonds is 6. The van der Waals surface area contributed by atoms with Crippen LogP contribution in [0.3, 0.4) is 0 Å². The molecule has 0 saturated carbocycles. The van der Waals surface area contributed by atoms with Gasteiger partial charge in [0.25, 0.3) is 0 Å². The molecular weight excluding hydrogens is 769 g/mol. The molecule has 0 aliphatic carbocycles. The fraction of sp³-hybridized carbons (Fsp3) is 0.0185. The van der Waals surface area contributed by atoms with Gasteiger partial charge in [0, 0.05) is 73.8 Å². The third kappa shape index (κ3) is 5.25. The Hall–Kier alpha value is -7.25. The summed E-state index contributed by atoms with van der Waals surface area (Å²) in [5, 5.41) is 10.8. The van der Waals surface area contributed by atoms with Gasteiger partial charge in [-0.1, -0.05) is 140 Å². The standard InChI is InChI=1S/C54H34N4S2/c1-3-16-46-36(4-2)49-38-22-11-9-20-34(38)29-42(51(49)60-46)53-55-52(33-18-6-5-7-19-33)56-54(57-53)43-31-35(30-41-39-23-13-15-26-47(39)59-50(41)43)58-44-25-14-12-24-40(44)48-37-21-10-8-17-32(37)27-28-45(48)58/h3-31H,2H2,1H3/b16-3-. The van der Waals surface area contributed by atoms with Gasteiger partial charge in [-0.2, -0.15) is 0 Å². The van der Waals surface area contributed by atoms with Crippen LogP contribution in [-0.2, 0) is 0 Å². The minimum atomic E-state index is 0.633. The molecular formula is C54H34N4S2. The third-order valence-electron chi connectivity index (χ3n) is 11.7. The van der Waals surface area contributed by atoms with Crippen LogP contribution in [0.15, 0.2) is 170 Å². The first-order valence-electron chi connectivity index (χ1n) is 20.1. The Labute approximate surface area is 353 Å². The number of nitrogens with zero attached hydrogens (tertiary/aromatic N) is 4. The maximum Gasteiger partial charge on any atom is 0.165 e. The van der Waals surface area contributed by atoms with Crippen molar-refractivity contribution in [2.75, 3.05) is 0 Å². The molecule has 6 heteroatoms. The highest BCUT2D eigenvalue weighted by Crippen LogP contribution is 2.46. The van der Waals surface area contributed by atoms with Gasteiger partial charge in [-0.3, -0.25) is 0 Å². The molecule has 0 fully saturated rings. The average molecular weight is 803 g/mol. The number of thiophene rings is 2. The lowest BCUT2D eigenvalue weighted by Crippen LogP contribution is -2.02. The Bertz CT molecular complexity index is 3760. The molecule has 0 aliphatic heterocycles. The van der Waals surface area contributed by atoms with E-state index in [2.05, 4.69) is 170 Å². The summed E-state index contributed by atoms with van der Waals surface area (Å²) in [6.07, 6.45) is 6.26. The van der Waals surface area contributed by atoms with Crippen molar-refractivity contribution in [2.45, 2.75) is 6.92 Å². The molecule has 0 atom stereocenters. The summed E-state index contributed by atoms with van der Waals surface area (Å²) < 4.78 is 5.92. The second-order valence-corrected chi connectivity index (χ2v) is 17.2. The molecule has 12 rings (SSSR count). The lowest BCUT2D eigenvalue weighted by Gasteiger charge is -2.14. The Kier molecular flexibility index (Phi) is 7.92. The van der Waals surface area contributed by atoms with Crippen molar-refractivity contribution in [3.05, 3.63) is 181 Å². The molecule has 0 saturated heterocycles. The summed E-state index contributed by atoms with van der Waals surface area (Å²) >= 11 is 3.56. The summed E-state index contributed by atoms with van der Waals surface area (Å²) in [4.78, 5) is 17.4. The smallest absolute Gasteiger partial charge is 0.165 e. The van der Waals surface area contributed by atoms with Gasteiger partial charge in [0.15, 0.2) is 17.5 Å². The van der Waals surface area contributed by atoms with E-state index in [-0.39, 0.29) is 0 Å². The van der Waals surface area contributed by atoms with Gasteiger partial charge in [-0.25, -0.2) is 15.0 Å². The molecule has 0 radical (unpaired) electrons. The normalized spacial score (nSPS) is 12.1. The first-order chi connectivity index (χ1) is 29.7. The first-order valence-corrected chi connectivity index (χ1v) is 21.7. The molecule has 0 N–H and O–H groups in total. The van der Waals surface area contributed by atoms with Gasteiger partial charge in [0.2, 0.25) is 0 Å². The summed E-state index contributed by atoms with van der Waals surface area (Å²) in [5.41, 5.74) is 7.39. The number of hydrogen-bond acceptors (Lipinski definition) is 5. The topological polar surface area (TPSA) is 43.6 Å². The van der Waals surface area contributed by atoms with E-state index >= 15 is 0 Å². The molecule has 8 aromatic carbocycles. The zero-order valence-corrected chi connectivity index (χ0v) is 34.2. The highest BCUT2D eigenvalue weighted by Gasteiger charge is 2.23.